The van der Waals surface area contributed by atoms with Gasteiger partial charge in [-0.05, 0) is 64.8 Å². The van der Waals surface area contributed by atoms with Crippen LogP contribution >= 0.6 is 0 Å². The number of benzene rings is 1. The fourth-order valence-corrected chi connectivity index (χ4v) is 4.04. The number of ether oxygens (including phenoxy) is 2. The predicted octanol–water partition coefficient (Wildman–Crippen LogP) is 0.604. The highest BCUT2D eigenvalue weighted by molar-refractivity contribution is 5.94. The number of hydrogen-bond acceptors (Lipinski definition) is 8. The lowest BCUT2D eigenvalue weighted by Gasteiger charge is -2.38. The maximum atomic E-state index is 12.7. The van der Waals surface area contributed by atoms with Gasteiger partial charge < -0.3 is 30.3 Å². The molecule has 1 aliphatic rings. The molecule has 4 atom stereocenters. The average Bonchev–Trinajstić information content (AvgIpc) is 2.82. The van der Waals surface area contributed by atoms with Crippen molar-refractivity contribution in [1.29, 1.82) is 0 Å². The minimum atomic E-state index is -1.33. The summed E-state index contributed by atoms with van der Waals surface area (Å²) in [5, 5.41) is 26.6. The minimum Gasteiger partial charge on any atom is -0.492 e. The van der Waals surface area contributed by atoms with Gasteiger partial charge in [0.2, 0.25) is 0 Å². The lowest BCUT2D eigenvalue weighted by atomic mass is 9.85. The first kappa shape index (κ1) is 27.9. The van der Waals surface area contributed by atoms with Gasteiger partial charge in [0.05, 0.1) is 18.6 Å². The number of nitrogens with one attached hydrogen (secondary N) is 3. The number of aromatic amines is 1. The summed E-state index contributed by atoms with van der Waals surface area (Å²) in [6.07, 6.45) is -1.21. The van der Waals surface area contributed by atoms with E-state index in [-0.39, 0.29) is 13.2 Å². The summed E-state index contributed by atoms with van der Waals surface area (Å²) in [6.45, 7) is 7.30. The Kier molecular flexibility index (Phi) is 8.77. The summed E-state index contributed by atoms with van der Waals surface area (Å²) >= 11 is 0. The molecule has 12 nitrogen and oxygen atoms in total. The van der Waals surface area contributed by atoms with Crippen LogP contribution in [0, 0.1) is 6.92 Å². The van der Waals surface area contributed by atoms with E-state index in [0.29, 0.717) is 29.7 Å². The molecule has 5 N–H and O–H groups in total. The zero-order chi connectivity index (χ0) is 27.3. The number of rotatable bonds is 7. The largest absolute Gasteiger partial charge is 0.492 e. The van der Waals surface area contributed by atoms with E-state index in [1.54, 1.807) is 52.0 Å². The van der Waals surface area contributed by atoms with Gasteiger partial charge in [-0.1, -0.05) is 0 Å². The Balaban J connectivity index is 1.51. The number of aliphatic hydroxyl groups excluding tert-OH is 2. The Labute approximate surface area is 213 Å². The molecular weight excluding hydrogens is 484 g/mol. The number of carbonyl (C=O) groups is 2. The maximum absolute atomic E-state index is 12.7. The summed E-state index contributed by atoms with van der Waals surface area (Å²) in [6, 6.07) is 4.86. The highest BCUT2D eigenvalue weighted by atomic mass is 16.6. The zero-order valence-corrected chi connectivity index (χ0v) is 21.3. The Morgan fingerprint density at radius 1 is 1.11 bits per heavy atom. The molecule has 12 heteroatoms. The molecule has 1 aliphatic carbocycles. The standard InChI is InChI=1S/C25H34N4O8/c1-14-13-29(23(34)28-21(14)32)18-10-9-17(19(30)20(18)31)27-22(33)15-5-7-16(8-6-15)36-12-11-26-24(35)37-25(2,3)4/h5-8,13,17-20,30-31H,9-12H2,1-4H3,(H,26,35)(H,27,33)(H,28,32,34)/t17-,18-,19-,20-/m1/s1. The Bertz CT molecular complexity index is 1210. The molecule has 1 heterocycles. The molecule has 202 valence electrons. The molecule has 0 bridgehead atoms. The van der Waals surface area contributed by atoms with Crippen molar-refractivity contribution in [1.82, 2.24) is 20.2 Å². The highest BCUT2D eigenvalue weighted by Crippen LogP contribution is 2.28. The Morgan fingerprint density at radius 2 is 1.78 bits per heavy atom. The number of nitrogens with zero attached hydrogens (tertiary/aromatic N) is 1. The van der Waals surface area contributed by atoms with Crippen molar-refractivity contribution in [3.05, 3.63) is 62.4 Å². The fraction of sp³-hybridized carbons (Fsp3) is 0.520. The molecule has 1 aromatic heterocycles. The minimum absolute atomic E-state index is 0.204. The van der Waals surface area contributed by atoms with E-state index in [4.69, 9.17) is 9.47 Å². The van der Waals surface area contributed by atoms with Crippen LogP contribution in [0.5, 0.6) is 5.75 Å². The number of aliphatic hydroxyl groups is 2. The summed E-state index contributed by atoms with van der Waals surface area (Å²) in [5.74, 6) is 0.0602. The first-order valence-corrected chi connectivity index (χ1v) is 12.0. The third kappa shape index (κ3) is 7.43. The number of carbonyl (C=O) groups excluding carboxylic acids is 2. The lowest BCUT2D eigenvalue weighted by molar-refractivity contribution is -0.0570. The monoisotopic (exact) mass is 518 g/mol. The van der Waals surface area contributed by atoms with Crippen LogP contribution in [0.1, 0.15) is 55.6 Å². The summed E-state index contributed by atoms with van der Waals surface area (Å²) in [4.78, 5) is 50.4. The van der Waals surface area contributed by atoms with Crippen LogP contribution in [-0.4, -0.2) is 68.8 Å². The molecule has 0 radical (unpaired) electrons. The molecule has 0 aliphatic heterocycles. The molecule has 3 rings (SSSR count). The van der Waals surface area contributed by atoms with Crippen LogP contribution < -0.4 is 26.6 Å². The molecule has 0 saturated heterocycles. The molecule has 1 saturated carbocycles. The Morgan fingerprint density at radius 3 is 2.43 bits per heavy atom. The number of hydrogen-bond donors (Lipinski definition) is 5. The van der Waals surface area contributed by atoms with Crippen molar-refractivity contribution < 1.29 is 29.3 Å². The fourth-order valence-electron chi connectivity index (χ4n) is 4.04. The van der Waals surface area contributed by atoms with Crippen LogP contribution in [0.3, 0.4) is 0 Å². The van der Waals surface area contributed by atoms with Gasteiger partial charge >= 0.3 is 11.8 Å². The molecule has 1 aromatic carbocycles. The quantitative estimate of drug-likeness (QED) is 0.332. The maximum Gasteiger partial charge on any atom is 0.407 e. The van der Waals surface area contributed by atoms with Gasteiger partial charge in [0.25, 0.3) is 11.5 Å². The number of H-pyrrole nitrogens is 1. The van der Waals surface area contributed by atoms with E-state index in [9.17, 15) is 29.4 Å². The topological polar surface area (TPSA) is 172 Å². The van der Waals surface area contributed by atoms with Crippen molar-refractivity contribution in [2.45, 2.75) is 70.4 Å². The van der Waals surface area contributed by atoms with Crippen LogP contribution in [0.2, 0.25) is 0 Å². The third-order valence-corrected chi connectivity index (χ3v) is 5.90. The third-order valence-electron chi connectivity index (χ3n) is 5.90. The smallest absolute Gasteiger partial charge is 0.407 e. The first-order valence-electron chi connectivity index (χ1n) is 12.0. The molecule has 2 aromatic rings. The van der Waals surface area contributed by atoms with E-state index >= 15 is 0 Å². The lowest BCUT2D eigenvalue weighted by Crippen LogP contribution is -2.55. The second kappa shape index (κ2) is 11.6. The number of alkyl carbamates (subject to hydrolysis) is 1. The van der Waals surface area contributed by atoms with Crippen molar-refractivity contribution in [3.8, 4) is 5.75 Å². The Hall–Kier alpha value is -3.64. The number of amides is 2. The van der Waals surface area contributed by atoms with Crippen molar-refractivity contribution in [3.63, 3.8) is 0 Å². The molecular formula is C25H34N4O8. The molecule has 0 spiro atoms. The first-order chi connectivity index (χ1) is 17.4. The van der Waals surface area contributed by atoms with Gasteiger partial charge in [-0.2, -0.15) is 0 Å². The molecule has 37 heavy (non-hydrogen) atoms. The van der Waals surface area contributed by atoms with Gasteiger partial charge in [0.15, 0.2) is 0 Å². The SMILES string of the molecule is Cc1cn([C@@H]2CC[C@@H](NC(=O)c3ccc(OCCNC(=O)OC(C)(C)C)cc3)[C@@H](O)[C@@H]2O)c(=O)[nH]c1=O. The van der Waals surface area contributed by atoms with Crippen LogP contribution in [-0.2, 0) is 4.74 Å². The van der Waals surface area contributed by atoms with Gasteiger partial charge in [0.1, 0.15) is 30.2 Å². The predicted molar refractivity (Wildman–Crippen MR) is 134 cm³/mol. The van der Waals surface area contributed by atoms with E-state index in [1.165, 1.54) is 10.8 Å². The van der Waals surface area contributed by atoms with Gasteiger partial charge in [-0.25, -0.2) is 9.59 Å². The van der Waals surface area contributed by atoms with E-state index < -0.39 is 53.1 Å². The second-order valence-corrected chi connectivity index (χ2v) is 9.99. The van der Waals surface area contributed by atoms with E-state index in [2.05, 4.69) is 15.6 Å². The number of aromatic nitrogens is 2. The second-order valence-electron chi connectivity index (χ2n) is 9.99. The van der Waals surface area contributed by atoms with E-state index in [0.717, 1.165) is 0 Å². The summed E-state index contributed by atoms with van der Waals surface area (Å²) in [7, 11) is 0. The number of aryl methyl sites for hydroxylation is 1. The summed E-state index contributed by atoms with van der Waals surface area (Å²) < 4.78 is 11.9. The molecule has 2 amide bonds. The summed E-state index contributed by atoms with van der Waals surface area (Å²) in [5.41, 5.74) is -1.13. The molecule has 0 unspecified atom stereocenters. The normalized spacial score (nSPS) is 21.7. The zero-order valence-electron chi connectivity index (χ0n) is 21.3. The van der Waals surface area contributed by atoms with Crippen LogP contribution in [0.25, 0.3) is 0 Å². The van der Waals surface area contributed by atoms with Crippen molar-refractivity contribution in [2.75, 3.05) is 13.2 Å². The highest BCUT2D eigenvalue weighted by Gasteiger charge is 2.39. The van der Waals surface area contributed by atoms with Crippen molar-refractivity contribution in [2.24, 2.45) is 0 Å². The molecule has 1 fully saturated rings. The van der Waals surface area contributed by atoms with E-state index in [1.807, 2.05) is 0 Å². The van der Waals surface area contributed by atoms with Gasteiger partial charge in [-0.15, -0.1) is 0 Å². The van der Waals surface area contributed by atoms with Crippen molar-refractivity contribution >= 4 is 12.0 Å². The van der Waals surface area contributed by atoms with Crippen LogP contribution in [0.4, 0.5) is 4.79 Å². The van der Waals surface area contributed by atoms with Gasteiger partial charge in [0, 0.05) is 17.3 Å². The van der Waals surface area contributed by atoms with Gasteiger partial charge in [-0.3, -0.25) is 19.1 Å². The van der Waals surface area contributed by atoms with Crippen LogP contribution in [0.15, 0.2) is 40.1 Å². The average molecular weight is 519 g/mol.